The fourth-order valence-corrected chi connectivity index (χ4v) is 6.21. The van der Waals surface area contributed by atoms with Gasteiger partial charge in [0.1, 0.15) is 0 Å². The second-order valence-electron chi connectivity index (χ2n) is 4.94. The average Bonchev–Trinajstić information content (AvgIpc) is 2.35. The van der Waals surface area contributed by atoms with Gasteiger partial charge in [0.25, 0.3) is 0 Å². The zero-order valence-corrected chi connectivity index (χ0v) is 14.3. The minimum absolute atomic E-state index is 0.288. The number of carbonyl (C=O) groups is 1. The number of unbranched alkanes of at least 4 members (excludes halogenated alkanes) is 2. The molecule has 0 radical (unpaired) electrons. The van der Waals surface area contributed by atoms with Crippen LogP contribution in [0.25, 0.3) is 0 Å². The van der Waals surface area contributed by atoms with Gasteiger partial charge in [-0.05, 0) is 45.1 Å². The van der Waals surface area contributed by atoms with E-state index in [9.17, 15) is 4.79 Å². The van der Waals surface area contributed by atoms with Crippen LogP contribution < -0.4 is 0 Å². The molecule has 0 spiro atoms. The summed E-state index contributed by atoms with van der Waals surface area (Å²) in [5, 5.41) is 0. The normalized spacial score (nSPS) is 11.6. The molecule has 0 bridgehead atoms. The Kier molecular flexibility index (Phi) is 10.0. The van der Waals surface area contributed by atoms with Crippen LogP contribution in [0.4, 0.5) is 0 Å². The Balaban J connectivity index is 4.56. The molecule has 0 rings (SSSR count). The fraction of sp³-hybridized carbons (Fsp3) is 0.929. The lowest BCUT2D eigenvalue weighted by Crippen LogP contribution is -2.33. The smallest absolute Gasteiger partial charge is 0.227 e. The number of amides is 1. The number of hydrogen-bond acceptors (Lipinski definition) is 2. The molecule has 0 saturated carbocycles. The molecule has 1 amide bonds. The van der Waals surface area contributed by atoms with Crippen LogP contribution >= 0.6 is 6.04 Å². The number of nitrogens with zero attached hydrogens (tertiary/aromatic N) is 1. The summed E-state index contributed by atoms with van der Waals surface area (Å²) in [7, 11) is 0. The van der Waals surface area contributed by atoms with E-state index in [2.05, 4.69) is 13.8 Å². The highest BCUT2D eigenvalue weighted by Gasteiger charge is 2.22. The van der Waals surface area contributed by atoms with Gasteiger partial charge in [-0.25, -0.2) is 0 Å². The average molecular weight is 291 g/mol. The maximum Gasteiger partial charge on any atom is 0.227 e. The predicted molar refractivity (Wildman–Crippen MR) is 86.6 cm³/mol. The maximum absolute atomic E-state index is 12.2. The molecule has 0 N–H and O–H groups in total. The van der Waals surface area contributed by atoms with Gasteiger partial charge in [-0.2, -0.15) is 0 Å². The molecule has 0 aromatic rings. The van der Waals surface area contributed by atoms with E-state index in [0.717, 1.165) is 25.4 Å². The van der Waals surface area contributed by atoms with E-state index in [-0.39, 0.29) is 5.91 Å². The van der Waals surface area contributed by atoms with Crippen LogP contribution in [-0.2, 0) is 16.6 Å². The lowest BCUT2D eigenvalue weighted by molar-refractivity contribution is -0.128. The van der Waals surface area contributed by atoms with Crippen LogP contribution in [0.3, 0.4) is 0 Å². The van der Waals surface area contributed by atoms with Gasteiger partial charge in [-0.1, -0.05) is 38.5 Å². The van der Waals surface area contributed by atoms with Gasteiger partial charge in [0.05, 0.1) is 6.16 Å². The predicted octanol–water partition coefficient (Wildman–Crippen LogP) is 3.93. The highest BCUT2D eigenvalue weighted by molar-refractivity contribution is 8.15. The molecule has 0 aliphatic rings. The van der Waals surface area contributed by atoms with Gasteiger partial charge in [0.2, 0.25) is 5.91 Å². The topological polar surface area (TPSA) is 20.3 Å². The highest BCUT2D eigenvalue weighted by atomic mass is 32.4. The van der Waals surface area contributed by atoms with Gasteiger partial charge in [-0.15, -0.1) is 0 Å². The largest absolute Gasteiger partial charge is 0.343 e. The molecule has 0 aliphatic heterocycles. The summed E-state index contributed by atoms with van der Waals surface area (Å²) in [5.41, 5.74) is 0. The Labute approximate surface area is 119 Å². The molecule has 2 nitrogen and oxygen atoms in total. The van der Waals surface area contributed by atoms with Gasteiger partial charge < -0.3 is 4.90 Å². The van der Waals surface area contributed by atoms with Crippen molar-refractivity contribution in [3.63, 3.8) is 0 Å². The molecule has 18 heavy (non-hydrogen) atoms. The quantitative estimate of drug-likeness (QED) is 0.568. The first-order valence-electron chi connectivity index (χ1n) is 7.37. The molecule has 0 aliphatic carbocycles. The minimum atomic E-state index is -1.45. The Bertz CT molecular complexity index is 265. The third kappa shape index (κ3) is 6.89. The maximum atomic E-state index is 12.2. The van der Waals surface area contributed by atoms with Crippen molar-refractivity contribution in [3.8, 4) is 0 Å². The van der Waals surface area contributed by atoms with E-state index in [1.54, 1.807) is 0 Å². The summed E-state index contributed by atoms with van der Waals surface area (Å²) in [6.45, 7) is 10.1. The van der Waals surface area contributed by atoms with Gasteiger partial charge in [0, 0.05) is 13.1 Å². The van der Waals surface area contributed by atoms with Gasteiger partial charge >= 0.3 is 0 Å². The highest BCUT2D eigenvalue weighted by Crippen LogP contribution is 2.47. The standard InChI is InChI=1S/C14H30NOPS/c1-5-9-11-17(18,12-10-6-2)13-14(16)15(7-3)8-4/h5-13H2,1-4H3. The zero-order chi connectivity index (χ0) is 14.0. The molecule has 4 heteroatoms. The fourth-order valence-electron chi connectivity index (χ4n) is 2.09. The second kappa shape index (κ2) is 9.97. The lowest BCUT2D eigenvalue weighted by atomic mass is 10.4. The third-order valence-electron chi connectivity index (χ3n) is 3.38. The zero-order valence-electron chi connectivity index (χ0n) is 12.6. The Morgan fingerprint density at radius 2 is 1.44 bits per heavy atom. The summed E-state index contributed by atoms with van der Waals surface area (Å²) < 4.78 is 0. The number of carbonyl (C=O) groups excluding carboxylic acids is 1. The van der Waals surface area contributed by atoms with Crippen molar-refractivity contribution in [3.05, 3.63) is 0 Å². The van der Waals surface area contributed by atoms with Crippen molar-refractivity contribution in [1.29, 1.82) is 0 Å². The SMILES string of the molecule is CCCCP(=S)(CCCC)CC(=O)N(CC)CC. The van der Waals surface area contributed by atoms with E-state index in [0.29, 0.717) is 6.16 Å². The van der Waals surface area contributed by atoms with Crippen LogP contribution in [0.2, 0.25) is 0 Å². The summed E-state index contributed by atoms with van der Waals surface area (Å²) in [6, 6.07) is -1.45. The second-order valence-corrected chi connectivity index (χ2v) is 10.6. The summed E-state index contributed by atoms with van der Waals surface area (Å²) in [4.78, 5) is 14.2. The van der Waals surface area contributed by atoms with E-state index in [1.165, 1.54) is 25.7 Å². The van der Waals surface area contributed by atoms with E-state index in [4.69, 9.17) is 11.8 Å². The molecule has 0 aromatic heterocycles. The Morgan fingerprint density at radius 3 is 1.78 bits per heavy atom. The summed E-state index contributed by atoms with van der Waals surface area (Å²) >= 11 is 5.89. The first-order chi connectivity index (χ1) is 8.52. The van der Waals surface area contributed by atoms with E-state index < -0.39 is 6.04 Å². The van der Waals surface area contributed by atoms with Crippen molar-refractivity contribution >= 4 is 23.8 Å². The van der Waals surface area contributed by atoms with Crippen LogP contribution in [-0.4, -0.2) is 42.4 Å². The summed E-state index contributed by atoms with van der Waals surface area (Å²) in [6.07, 6.45) is 7.63. The van der Waals surface area contributed by atoms with Crippen molar-refractivity contribution in [2.45, 2.75) is 53.4 Å². The molecule has 108 valence electrons. The van der Waals surface area contributed by atoms with Crippen molar-refractivity contribution in [2.75, 3.05) is 31.6 Å². The van der Waals surface area contributed by atoms with Crippen LogP contribution in [0, 0.1) is 0 Å². The van der Waals surface area contributed by atoms with Crippen molar-refractivity contribution in [1.82, 2.24) is 4.90 Å². The van der Waals surface area contributed by atoms with Crippen LogP contribution in [0.5, 0.6) is 0 Å². The molecule has 0 saturated heterocycles. The molecular weight excluding hydrogens is 261 g/mol. The third-order valence-corrected chi connectivity index (χ3v) is 7.97. The van der Waals surface area contributed by atoms with E-state index >= 15 is 0 Å². The molecule has 0 atom stereocenters. The van der Waals surface area contributed by atoms with Crippen molar-refractivity contribution < 1.29 is 4.79 Å². The molecule has 0 heterocycles. The molecular formula is C14H30NOPS. The molecule has 0 unspecified atom stereocenters. The monoisotopic (exact) mass is 291 g/mol. The lowest BCUT2D eigenvalue weighted by Gasteiger charge is -2.26. The van der Waals surface area contributed by atoms with Gasteiger partial charge in [0.15, 0.2) is 0 Å². The number of rotatable bonds is 10. The molecule has 0 aromatic carbocycles. The minimum Gasteiger partial charge on any atom is -0.343 e. The first-order valence-corrected chi connectivity index (χ1v) is 10.7. The Morgan fingerprint density at radius 1 is 1.00 bits per heavy atom. The van der Waals surface area contributed by atoms with E-state index in [1.807, 2.05) is 18.7 Å². The Hall–Kier alpha value is 0.120. The molecule has 0 fully saturated rings. The van der Waals surface area contributed by atoms with Crippen LogP contribution in [0.1, 0.15) is 53.4 Å². The summed E-state index contributed by atoms with van der Waals surface area (Å²) in [5.74, 6) is 0.288. The first kappa shape index (κ1) is 18.1. The number of hydrogen-bond donors (Lipinski definition) is 0. The van der Waals surface area contributed by atoms with Crippen LogP contribution in [0.15, 0.2) is 0 Å². The van der Waals surface area contributed by atoms with Crippen molar-refractivity contribution in [2.24, 2.45) is 0 Å². The van der Waals surface area contributed by atoms with Gasteiger partial charge in [-0.3, -0.25) is 4.79 Å².